The fourth-order valence-corrected chi connectivity index (χ4v) is 3.65. The summed E-state index contributed by atoms with van der Waals surface area (Å²) < 4.78 is 0. The number of unbranched alkanes of at least 4 members (excludes halogenated alkanes) is 6. The van der Waals surface area contributed by atoms with E-state index in [-0.39, 0.29) is 11.9 Å². The van der Waals surface area contributed by atoms with Crippen LogP contribution in [0.15, 0.2) is 24.3 Å². The number of benzene rings is 1. The summed E-state index contributed by atoms with van der Waals surface area (Å²) in [5.74, 6) is 0.0989. The van der Waals surface area contributed by atoms with Crippen LogP contribution in [0, 0.1) is 0 Å². The van der Waals surface area contributed by atoms with Crippen molar-refractivity contribution in [2.45, 2.75) is 65.2 Å². The first kappa shape index (κ1) is 23.0. The van der Waals surface area contributed by atoms with Gasteiger partial charge in [0.15, 0.2) is 0 Å². The van der Waals surface area contributed by atoms with Crippen molar-refractivity contribution in [2.24, 2.45) is 0 Å². The Morgan fingerprint density at radius 2 is 1.48 bits per heavy atom. The molecule has 3 amide bonds. The molecule has 0 aromatic heterocycles. The van der Waals surface area contributed by atoms with Crippen LogP contribution in [0.4, 0.5) is 16.2 Å². The zero-order valence-electron chi connectivity index (χ0n) is 18.2. The first-order valence-corrected chi connectivity index (χ1v) is 11.3. The molecule has 0 spiro atoms. The molecule has 0 unspecified atom stereocenters. The third-order valence-electron chi connectivity index (χ3n) is 5.42. The van der Waals surface area contributed by atoms with E-state index >= 15 is 0 Å². The molecule has 0 radical (unpaired) electrons. The molecule has 6 heteroatoms. The Morgan fingerprint density at radius 3 is 2.10 bits per heavy atom. The Morgan fingerprint density at radius 1 is 0.862 bits per heavy atom. The van der Waals surface area contributed by atoms with Crippen LogP contribution in [0.25, 0.3) is 0 Å². The molecule has 2 rings (SSSR count). The van der Waals surface area contributed by atoms with E-state index in [1.165, 1.54) is 32.1 Å². The SMILES string of the molecule is CCCCCCCCCC(=O)Nc1ccc(N2CCN(C(=O)NCC)CC2)cc1. The molecule has 1 aliphatic rings. The third-order valence-corrected chi connectivity index (χ3v) is 5.42. The average molecular weight is 403 g/mol. The second-order valence-corrected chi connectivity index (χ2v) is 7.78. The van der Waals surface area contributed by atoms with Crippen molar-refractivity contribution in [3.05, 3.63) is 24.3 Å². The van der Waals surface area contributed by atoms with Gasteiger partial charge in [0, 0.05) is 50.5 Å². The fourth-order valence-electron chi connectivity index (χ4n) is 3.65. The molecular weight excluding hydrogens is 364 g/mol. The minimum atomic E-state index is 0.0196. The van der Waals surface area contributed by atoms with Crippen LogP contribution in [-0.2, 0) is 4.79 Å². The molecule has 1 heterocycles. The second kappa shape index (κ2) is 13.1. The molecule has 1 aromatic carbocycles. The van der Waals surface area contributed by atoms with Crippen LogP contribution in [0.5, 0.6) is 0 Å². The van der Waals surface area contributed by atoms with Crippen LogP contribution in [0.1, 0.15) is 65.2 Å². The molecule has 2 N–H and O–H groups in total. The lowest BCUT2D eigenvalue weighted by molar-refractivity contribution is -0.116. The summed E-state index contributed by atoms with van der Waals surface area (Å²) in [4.78, 5) is 28.2. The molecule has 0 bridgehead atoms. The number of hydrogen-bond acceptors (Lipinski definition) is 3. The number of nitrogens with zero attached hydrogens (tertiary/aromatic N) is 2. The van der Waals surface area contributed by atoms with Crippen molar-refractivity contribution in [1.82, 2.24) is 10.2 Å². The van der Waals surface area contributed by atoms with Crippen LogP contribution in [0.3, 0.4) is 0 Å². The number of rotatable bonds is 11. The molecule has 0 aliphatic carbocycles. The maximum atomic E-state index is 12.1. The summed E-state index contributed by atoms with van der Waals surface area (Å²) in [6, 6.07) is 8.05. The zero-order valence-corrected chi connectivity index (χ0v) is 18.2. The van der Waals surface area contributed by atoms with E-state index in [9.17, 15) is 9.59 Å². The lowest BCUT2D eigenvalue weighted by Crippen LogP contribution is -2.51. The van der Waals surface area contributed by atoms with Crippen molar-refractivity contribution in [2.75, 3.05) is 42.9 Å². The second-order valence-electron chi connectivity index (χ2n) is 7.78. The van der Waals surface area contributed by atoms with Gasteiger partial charge in [-0.25, -0.2) is 4.79 Å². The van der Waals surface area contributed by atoms with E-state index in [4.69, 9.17) is 0 Å². The van der Waals surface area contributed by atoms with Crippen LogP contribution in [0.2, 0.25) is 0 Å². The summed E-state index contributed by atoms with van der Waals surface area (Å²) in [7, 11) is 0. The van der Waals surface area contributed by atoms with E-state index in [1.54, 1.807) is 0 Å². The van der Waals surface area contributed by atoms with E-state index in [0.29, 0.717) is 13.0 Å². The summed E-state index contributed by atoms with van der Waals surface area (Å²) in [5, 5.41) is 5.85. The Kier molecular flexibility index (Phi) is 10.4. The van der Waals surface area contributed by atoms with Gasteiger partial charge in [0.25, 0.3) is 0 Å². The number of amides is 3. The number of carbonyl (C=O) groups is 2. The van der Waals surface area contributed by atoms with Gasteiger partial charge < -0.3 is 20.4 Å². The number of piperazine rings is 1. The van der Waals surface area contributed by atoms with E-state index in [0.717, 1.165) is 50.4 Å². The summed E-state index contributed by atoms with van der Waals surface area (Å²) in [6.45, 7) is 7.91. The van der Waals surface area contributed by atoms with E-state index < -0.39 is 0 Å². The zero-order chi connectivity index (χ0) is 20.9. The average Bonchev–Trinajstić information content (AvgIpc) is 2.74. The van der Waals surface area contributed by atoms with Crippen LogP contribution in [-0.4, -0.2) is 49.6 Å². The highest BCUT2D eigenvalue weighted by molar-refractivity contribution is 5.90. The number of anilines is 2. The van der Waals surface area contributed by atoms with Gasteiger partial charge in [0.1, 0.15) is 0 Å². The summed E-state index contributed by atoms with van der Waals surface area (Å²) >= 11 is 0. The number of hydrogen-bond donors (Lipinski definition) is 2. The van der Waals surface area contributed by atoms with Crippen LogP contribution < -0.4 is 15.5 Å². The Labute approximate surface area is 176 Å². The third kappa shape index (κ3) is 8.34. The highest BCUT2D eigenvalue weighted by Crippen LogP contribution is 2.20. The van der Waals surface area contributed by atoms with Gasteiger partial charge in [-0.05, 0) is 37.6 Å². The molecule has 0 saturated carbocycles. The molecule has 29 heavy (non-hydrogen) atoms. The van der Waals surface area contributed by atoms with Crippen molar-refractivity contribution in [3.8, 4) is 0 Å². The maximum Gasteiger partial charge on any atom is 0.317 e. The molecule has 6 nitrogen and oxygen atoms in total. The molecule has 1 aromatic rings. The fraction of sp³-hybridized carbons (Fsp3) is 0.652. The van der Waals surface area contributed by atoms with Gasteiger partial charge in [-0.15, -0.1) is 0 Å². The van der Waals surface area contributed by atoms with Crippen molar-refractivity contribution in [3.63, 3.8) is 0 Å². The highest BCUT2D eigenvalue weighted by atomic mass is 16.2. The molecule has 1 aliphatic heterocycles. The standard InChI is InChI=1S/C23H38N4O2/c1-3-5-6-7-8-9-10-11-22(28)25-20-12-14-21(15-13-20)26-16-18-27(19-17-26)23(29)24-4-2/h12-15H,3-11,16-19H2,1-2H3,(H,24,29)(H,25,28). The Hall–Kier alpha value is -2.24. The minimum absolute atomic E-state index is 0.0196. The topological polar surface area (TPSA) is 64.7 Å². The van der Waals surface area contributed by atoms with E-state index in [2.05, 4.69) is 22.5 Å². The molecule has 1 fully saturated rings. The lowest BCUT2D eigenvalue weighted by atomic mass is 10.1. The van der Waals surface area contributed by atoms with Gasteiger partial charge >= 0.3 is 6.03 Å². The first-order chi connectivity index (χ1) is 14.1. The molecular formula is C23H38N4O2. The van der Waals surface area contributed by atoms with Crippen LogP contribution >= 0.6 is 0 Å². The quantitative estimate of drug-likeness (QED) is 0.531. The first-order valence-electron chi connectivity index (χ1n) is 11.3. The summed E-state index contributed by atoms with van der Waals surface area (Å²) in [5.41, 5.74) is 1.98. The number of nitrogens with one attached hydrogen (secondary N) is 2. The van der Waals surface area contributed by atoms with Crippen molar-refractivity contribution in [1.29, 1.82) is 0 Å². The van der Waals surface area contributed by atoms with Gasteiger partial charge in [-0.2, -0.15) is 0 Å². The monoisotopic (exact) mass is 402 g/mol. The van der Waals surface area contributed by atoms with Gasteiger partial charge in [-0.1, -0.05) is 45.4 Å². The Balaban J connectivity index is 1.67. The smallest absolute Gasteiger partial charge is 0.317 e. The molecule has 1 saturated heterocycles. The predicted octanol–water partition coefficient (Wildman–Crippen LogP) is 4.62. The highest BCUT2D eigenvalue weighted by Gasteiger charge is 2.20. The molecule has 162 valence electrons. The maximum absolute atomic E-state index is 12.1. The van der Waals surface area contributed by atoms with E-state index in [1.807, 2.05) is 36.1 Å². The normalized spacial score (nSPS) is 14.0. The van der Waals surface area contributed by atoms with Gasteiger partial charge in [0.05, 0.1) is 0 Å². The number of carbonyl (C=O) groups excluding carboxylic acids is 2. The van der Waals surface area contributed by atoms with Gasteiger partial charge in [-0.3, -0.25) is 4.79 Å². The van der Waals surface area contributed by atoms with Crippen molar-refractivity contribution < 1.29 is 9.59 Å². The summed E-state index contributed by atoms with van der Waals surface area (Å²) in [6.07, 6.45) is 9.12. The van der Waals surface area contributed by atoms with Gasteiger partial charge in [0.2, 0.25) is 5.91 Å². The predicted molar refractivity (Wildman–Crippen MR) is 121 cm³/mol. The van der Waals surface area contributed by atoms with Crippen molar-refractivity contribution >= 4 is 23.3 Å². The Bertz CT molecular complexity index is 610. The lowest BCUT2D eigenvalue weighted by Gasteiger charge is -2.36. The minimum Gasteiger partial charge on any atom is -0.368 e. The largest absolute Gasteiger partial charge is 0.368 e. The molecule has 0 atom stereocenters. The number of urea groups is 1.